The summed E-state index contributed by atoms with van der Waals surface area (Å²) in [6, 6.07) is -6.73. The van der Waals surface area contributed by atoms with E-state index in [0.29, 0.717) is 0 Å². The van der Waals surface area contributed by atoms with E-state index in [1.165, 1.54) is 0 Å². The van der Waals surface area contributed by atoms with E-state index in [2.05, 4.69) is 0 Å². The fourth-order valence-corrected chi connectivity index (χ4v) is 1.26. The number of alkyl halides is 15. The van der Waals surface area contributed by atoms with E-state index in [-0.39, 0.29) is 0 Å². The first-order valence-electron chi connectivity index (χ1n) is 5.53. The first-order chi connectivity index (χ1) is 10.8. The van der Waals surface area contributed by atoms with Gasteiger partial charge >= 0.3 is 47.5 Å². The van der Waals surface area contributed by atoms with Gasteiger partial charge in [0.05, 0.1) is 0 Å². The average molecular weight is 430 g/mol. The van der Waals surface area contributed by atoms with Crippen molar-refractivity contribution in [1.82, 2.24) is 0 Å². The van der Waals surface area contributed by atoms with Gasteiger partial charge in [-0.3, -0.25) is 0 Å². The molecule has 0 aliphatic heterocycles. The Bertz CT molecular complexity index is 478. The van der Waals surface area contributed by atoms with Crippen LogP contribution < -0.4 is 0 Å². The largest absolute Gasteiger partial charge is 0.400 e. The van der Waals surface area contributed by atoms with Crippen LogP contribution in [-0.2, 0) is 0 Å². The van der Waals surface area contributed by atoms with E-state index in [1.54, 1.807) is 0 Å². The van der Waals surface area contributed by atoms with Gasteiger partial charge < -0.3 is 10.2 Å². The lowest BCUT2D eigenvalue weighted by Crippen LogP contribution is -2.74. The lowest BCUT2D eigenvalue weighted by molar-refractivity contribution is -0.478. The Kier molecular flexibility index (Phi) is 5.44. The molecule has 0 amide bonds. The third kappa shape index (κ3) is 2.86. The summed E-state index contributed by atoms with van der Waals surface area (Å²) in [5.41, 5.74) is 0. The number of hydrogen-bond donors (Lipinski definition) is 2. The highest BCUT2D eigenvalue weighted by atomic mass is 19.4. The Hall–Kier alpha value is -1.13. The summed E-state index contributed by atoms with van der Waals surface area (Å²) in [5, 5.41) is 15.3. The SMILES string of the molecule is CC(F)(F)C(F)(F)C(F)(F)C(F)(F)C(F)(F)C(F)(F)C(F)(F)C(O)(O)F. The molecule has 2 nitrogen and oxygen atoms in total. The molecule has 0 aromatic carbocycles. The molecule has 0 rings (SSSR count). The average Bonchev–Trinajstić information content (AvgIpc) is 2.34. The van der Waals surface area contributed by atoms with Crippen molar-refractivity contribution in [2.75, 3.05) is 0 Å². The second-order valence-electron chi connectivity index (χ2n) is 4.92. The van der Waals surface area contributed by atoms with Crippen LogP contribution in [0.3, 0.4) is 0 Å². The van der Waals surface area contributed by atoms with Crippen LogP contribution in [0.15, 0.2) is 0 Å². The Morgan fingerprint density at radius 1 is 0.385 bits per heavy atom. The van der Waals surface area contributed by atoms with E-state index in [1.807, 2.05) is 0 Å². The highest BCUT2D eigenvalue weighted by molar-refractivity contribution is 5.14. The quantitative estimate of drug-likeness (QED) is 0.473. The molecule has 0 saturated heterocycles. The predicted octanol–water partition coefficient (Wildman–Crippen LogP) is 4.06. The number of hydrogen-bond acceptors (Lipinski definition) is 2. The molecule has 0 aliphatic rings. The third-order valence-electron chi connectivity index (χ3n) is 2.92. The molecule has 17 heteroatoms. The van der Waals surface area contributed by atoms with Crippen LogP contribution in [0.5, 0.6) is 0 Å². The van der Waals surface area contributed by atoms with Crippen LogP contribution >= 0.6 is 0 Å². The van der Waals surface area contributed by atoms with Crippen molar-refractivity contribution in [1.29, 1.82) is 0 Å². The van der Waals surface area contributed by atoms with Gasteiger partial charge in [0.15, 0.2) is 0 Å². The van der Waals surface area contributed by atoms with Gasteiger partial charge in [-0.25, -0.2) is 0 Å². The molecule has 0 fully saturated rings. The first kappa shape index (κ1) is 24.9. The van der Waals surface area contributed by atoms with E-state index < -0.39 is 54.4 Å². The van der Waals surface area contributed by atoms with Crippen LogP contribution in [0.2, 0.25) is 0 Å². The molecule has 0 radical (unpaired) electrons. The van der Waals surface area contributed by atoms with Gasteiger partial charge in [-0.2, -0.15) is 65.9 Å². The van der Waals surface area contributed by atoms with Crippen molar-refractivity contribution in [3.63, 3.8) is 0 Å². The molecule has 0 bridgehead atoms. The zero-order valence-electron chi connectivity index (χ0n) is 11.6. The first-order valence-corrected chi connectivity index (χ1v) is 5.53. The van der Waals surface area contributed by atoms with Gasteiger partial charge in [-0.1, -0.05) is 0 Å². The second-order valence-corrected chi connectivity index (χ2v) is 4.92. The lowest BCUT2D eigenvalue weighted by atomic mass is 9.89. The molecule has 0 aromatic heterocycles. The van der Waals surface area contributed by atoms with Crippen molar-refractivity contribution in [2.24, 2.45) is 0 Å². The van der Waals surface area contributed by atoms with Crippen LogP contribution in [0, 0.1) is 0 Å². The van der Waals surface area contributed by atoms with Crippen molar-refractivity contribution >= 4 is 0 Å². The van der Waals surface area contributed by atoms with Crippen molar-refractivity contribution in [2.45, 2.75) is 54.4 Å². The normalized spacial score (nSPS) is 16.8. The maximum absolute atomic E-state index is 13.0. The summed E-state index contributed by atoms with van der Waals surface area (Å²) < 4.78 is 191. The van der Waals surface area contributed by atoms with Crippen LogP contribution in [-0.4, -0.2) is 57.7 Å². The minimum atomic E-state index is -8.40. The lowest BCUT2D eigenvalue weighted by Gasteiger charge is -2.42. The van der Waals surface area contributed by atoms with Gasteiger partial charge in [0.1, 0.15) is 0 Å². The molecule has 26 heavy (non-hydrogen) atoms. The molecular formula is C9H5F15O2. The summed E-state index contributed by atoms with van der Waals surface area (Å²) in [6.45, 7) is -1.21. The standard InChI is InChI=1S/C9H5F15O2/c1-2(10,11)3(12,13)4(14,15)5(16,17)6(18,19)7(20,21)8(22,23)9(24,25)26/h25-26H,1H3. The Labute approximate surface area is 132 Å². The van der Waals surface area contributed by atoms with E-state index in [4.69, 9.17) is 10.2 Å². The maximum Gasteiger partial charge on any atom is 0.400 e. The van der Waals surface area contributed by atoms with Gasteiger partial charge in [-0.05, 0) is 0 Å². The summed E-state index contributed by atoms with van der Waals surface area (Å²) in [5.74, 6) is -54.5. The predicted molar refractivity (Wildman–Crippen MR) is 48.6 cm³/mol. The number of rotatable bonds is 7. The van der Waals surface area contributed by atoms with Crippen molar-refractivity contribution in [3.8, 4) is 0 Å². The Balaban J connectivity index is 6.61. The maximum atomic E-state index is 13.0. The number of aliphatic hydroxyl groups is 2. The van der Waals surface area contributed by atoms with Crippen LogP contribution in [0.1, 0.15) is 6.92 Å². The highest BCUT2D eigenvalue weighted by Crippen LogP contribution is 2.63. The van der Waals surface area contributed by atoms with Crippen molar-refractivity contribution in [3.05, 3.63) is 0 Å². The summed E-state index contributed by atoms with van der Waals surface area (Å²) in [6.07, 6.45) is 0. The molecule has 0 heterocycles. The number of halogens is 15. The van der Waals surface area contributed by atoms with Gasteiger partial charge in [0.2, 0.25) is 0 Å². The molecule has 2 N–H and O–H groups in total. The molecule has 0 atom stereocenters. The second kappa shape index (κ2) is 5.68. The Morgan fingerprint density at radius 2 is 0.577 bits per heavy atom. The van der Waals surface area contributed by atoms with Crippen LogP contribution in [0.25, 0.3) is 0 Å². The monoisotopic (exact) mass is 430 g/mol. The zero-order valence-corrected chi connectivity index (χ0v) is 11.6. The van der Waals surface area contributed by atoms with Gasteiger partial charge in [0.25, 0.3) is 0 Å². The molecule has 0 spiro atoms. The van der Waals surface area contributed by atoms with E-state index in [9.17, 15) is 65.9 Å². The zero-order chi connectivity index (χ0) is 22.0. The molecular weight excluding hydrogens is 425 g/mol. The minimum Gasteiger partial charge on any atom is -0.335 e. The van der Waals surface area contributed by atoms with Gasteiger partial charge in [0, 0.05) is 6.92 Å². The van der Waals surface area contributed by atoms with E-state index >= 15 is 0 Å². The summed E-state index contributed by atoms with van der Waals surface area (Å²) in [4.78, 5) is 0. The molecule has 158 valence electrons. The molecule has 0 aromatic rings. The van der Waals surface area contributed by atoms with Gasteiger partial charge in [-0.15, -0.1) is 0 Å². The minimum absolute atomic E-state index is 1.21. The fraction of sp³-hybridized carbons (Fsp3) is 1.00. The summed E-state index contributed by atoms with van der Waals surface area (Å²) in [7, 11) is 0. The fourth-order valence-electron chi connectivity index (χ4n) is 1.26. The molecule has 0 unspecified atom stereocenters. The van der Waals surface area contributed by atoms with E-state index in [0.717, 1.165) is 0 Å². The highest BCUT2D eigenvalue weighted by Gasteiger charge is 2.94. The smallest absolute Gasteiger partial charge is 0.335 e. The Morgan fingerprint density at radius 3 is 0.769 bits per heavy atom. The topological polar surface area (TPSA) is 40.5 Å². The molecule has 0 aliphatic carbocycles. The summed E-state index contributed by atoms with van der Waals surface area (Å²) >= 11 is 0. The van der Waals surface area contributed by atoms with Crippen LogP contribution in [0.4, 0.5) is 65.9 Å². The third-order valence-corrected chi connectivity index (χ3v) is 2.92. The van der Waals surface area contributed by atoms with Crippen molar-refractivity contribution < 1.29 is 76.1 Å². The molecule has 0 saturated carbocycles.